The third kappa shape index (κ3) is 4.59. The molecule has 6 heteroatoms. The molecule has 112 valence electrons. The molecule has 1 aromatic heterocycles. The largest absolute Gasteiger partial charge is 0.370 e. The Labute approximate surface area is 124 Å². The van der Waals surface area contributed by atoms with Gasteiger partial charge in [0.2, 0.25) is 0 Å². The van der Waals surface area contributed by atoms with E-state index in [0.29, 0.717) is 18.3 Å². The van der Waals surface area contributed by atoms with Crippen molar-refractivity contribution in [1.82, 2.24) is 20.5 Å². The Kier molecular flexibility index (Phi) is 4.26. The molecule has 0 aliphatic heterocycles. The number of nitrogens with two attached hydrogens (primary N) is 1. The molecule has 0 atom stereocenters. The summed E-state index contributed by atoms with van der Waals surface area (Å²) in [6.07, 6.45) is 0. The van der Waals surface area contributed by atoms with Crippen LogP contribution in [0.1, 0.15) is 32.2 Å². The summed E-state index contributed by atoms with van der Waals surface area (Å²) in [5, 5.41) is 10.1. The topological polar surface area (TPSA) is 92.0 Å². The van der Waals surface area contributed by atoms with Gasteiger partial charge < -0.3 is 11.1 Å². The summed E-state index contributed by atoms with van der Waals surface area (Å²) in [4.78, 5) is 8.68. The lowest BCUT2D eigenvalue weighted by atomic mass is 10.1. The minimum Gasteiger partial charge on any atom is -0.370 e. The van der Waals surface area contributed by atoms with Gasteiger partial charge in [-0.3, -0.25) is 5.10 Å². The molecular weight excluding hydrogens is 264 g/mol. The number of benzene rings is 1. The number of aliphatic imine (C=N–C) groups is 1. The SMILES string of the molecule is Cc1nc(-c2cccc(CN=C(N)NC(C)(C)C)c2)n[nH]1. The zero-order chi connectivity index (χ0) is 15.5. The Bertz CT molecular complexity index is 636. The number of aromatic amines is 1. The van der Waals surface area contributed by atoms with Gasteiger partial charge in [-0.25, -0.2) is 9.98 Å². The molecule has 0 fully saturated rings. The maximum absolute atomic E-state index is 5.87. The van der Waals surface area contributed by atoms with Gasteiger partial charge in [0.25, 0.3) is 0 Å². The van der Waals surface area contributed by atoms with E-state index < -0.39 is 0 Å². The second-order valence-corrected chi connectivity index (χ2v) is 6.02. The number of H-pyrrole nitrogens is 1. The van der Waals surface area contributed by atoms with Gasteiger partial charge in [0.15, 0.2) is 11.8 Å². The first-order valence-electron chi connectivity index (χ1n) is 6.90. The lowest BCUT2D eigenvalue weighted by Crippen LogP contribution is -2.44. The smallest absolute Gasteiger partial charge is 0.189 e. The van der Waals surface area contributed by atoms with Crippen LogP contribution in [0.2, 0.25) is 0 Å². The van der Waals surface area contributed by atoms with Crippen molar-refractivity contribution in [2.45, 2.75) is 39.8 Å². The molecule has 1 aromatic carbocycles. The van der Waals surface area contributed by atoms with Crippen molar-refractivity contribution in [3.63, 3.8) is 0 Å². The number of aryl methyl sites for hydroxylation is 1. The fourth-order valence-electron chi connectivity index (χ4n) is 1.88. The van der Waals surface area contributed by atoms with Crippen molar-refractivity contribution in [3.05, 3.63) is 35.7 Å². The third-order valence-corrected chi connectivity index (χ3v) is 2.72. The highest BCUT2D eigenvalue weighted by atomic mass is 15.2. The molecule has 0 saturated carbocycles. The molecule has 1 heterocycles. The Morgan fingerprint density at radius 1 is 1.38 bits per heavy atom. The van der Waals surface area contributed by atoms with Crippen LogP contribution in [0.15, 0.2) is 29.3 Å². The van der Waals surface area contributed by atoms with Crippen LogP contribution in [0.4, 0.5) is 0 Å². The van der Waals surface area contributed by atoms with Crippen LogP contribution in [0.5, 0.6) is 0 Å². The molecule has 0 saturated heterocycles. The molecule has 2 rings (SSSR count). The van der Waals surface area contributed by atoms with Gasteiger partial charge in [-0.05, 0) is 39.3 Å². The fraction of sp³-hybridized carbons (Fsp3) is 0.400. The second kappa shape index (κ2) is 5.95. The Morgan fingerprint density at radius 2 is 2.14 bits per heavy atom. The van der Waals surface area contributed by atoms with E-state index in [4.69, 9.17) is 5.73 Å². The van der Waals surface area contributed by atoms with Crippen LogP contribution in [0.25, 0.3) is 11.4 Å². The van der Waals surface area contributed by atoms with Gasteiger partial charge >= 0.3 is 0 Å². The number of hydrogen-bond acceptors (Lipinski definition) is 3. The van der Waals surface area contributed by atoms with Gasteiger partial charge in [-0.2, -0.15) is 5.10 Å². The van der Waals surface area contributed by atoms with E-state index >= 15 is 0 Å². The number of guanidine groups is 1. The highest BCUT2D eigenvalue weighted by Gasteiger charge is 2.09. The molecule has 4 N–H and O–H groups in total. The monoisotopic (exact) mass is 286 g/mol. The zero-order valence-corrected chi connectivity index (χ0v) is 12.9. The van der Waals surface area contributed by atoms with Crippen molar-refractivity contribution in [1.29, 1.82) is 0 Å². The maximum Gasteiger partial charge on any atom is 0.189 e. The quantitative estimate of drug-likeness (QED) is 0.594. The Morgan fingerprint density at radius 3 is 2.76 bits per heavy atom. The summed E-state index contributed by atoms with van der Waals surface area (Å²) in [6.45, 7) is 8.53. The zero-order valence-electron chi connectivity index (χ0n) is 12.9. The molecular formula is C15H22N6. The molecule has 2 aromatic rings. The summed E-state index contributed by atoms with van der Waals surface area (Å²) in [7, 11) is 0. The molecule has 0 amide bonds. The summed E-state index contributed by atoms with van der Waals surface area (Å²) < 4.78 is 0. The van der Waals surface area contributed by atoms with Crippen molar-refractivity contribution < 1.29 is 0 Å². The van der Waals surface area contributed by atoms with E-state index in [1.165, 1.54) is 0 Å². The molecule has 0 aliphatic carbocycles. The average molecular weight is 286 g/mol. The average Bonchev–Trinajstić information content (AvgIpc) is 2.82. The molecule has 0 unspecified atom stereocenters. The van der Waals surface area contributed by atoms with Crippen LogP contribution in [-0.4, -0.2) is 26.7 Å². The summed E-state index contributed by atoms with van der Waals surface area (Å²) in [6, 6.07) is 7.99. The molecule has 0 radical (unpaired) electrons. The van der Waals surface area contributed by atoms with Crippen LogP contribution in [-0.2, 0) is 6.54 Å². The number of nitrogens with zero attached hydrogens (tertiary/aromatic N) is 3. The van der Waals surface area contributed by atoms with Crippen LogP contribution in [0, 0.1) is 6.92 Å². The predicted molar refractivity (Wildman–Crippen MR) is 84.8 cm³/mol. The molecule has 6 nitrogen and oxygen atoms in total. The van der Waals surface area contributed by atoms with Crippen molar-refractivity contribution in [2.75, 3.05) is 0 Å². The van der Waals surface area contributed by atoms with E-state index in [9.17, 15) is 0 Å². The normalized spacial score (nSPS) is 12.5. The second-order valence-electron chi connectivity index (χ2n) is 6.02. The van der Waals surface area contributed by atoms with E-state index in [0.717, 1.165) is 17.0 Å². The predicted octanol–water partition coefficient (Wildman–Crippen LogP) is 1.98. The molecule has 0 aliphatic rings. The van der Waals surface area contributed by atoms with Gasteiger partial charge in [0, 0.05) is 11.1 Å². The first kappa shape index (κ1) is 15.0. The van der Waals surface area contributed by atoms with E-state index in [2.05, 4.69) is 25.5 Å². The minimum absolute atomic E-state index is 0.0913. The fourth-order valence-corrected chi connectivity index (χ4v) is 1.88. The van der Waals surface area contributed by atoms with Gasteiger partial charge in [0.1, 0.15) is 5.82 Å². The summed E-state index contributed by atoms with van der Waals surface area (Å²) in [5.74, 6) is 1.94. The van der Waals surface area contributed by atoms with Gasteiger partial charge in [-0.1, -0.05) is 18.2 Å². The van der Waals surface area contributed by atoms with E-state index in [1.54, 1.807) is 0 Å². The highest BCUT2D eigenvalue weighted by molar-refractivity contribution is 5.78. The van der Waals surface area contributed by atoms with E-state index in [1.807, 2.05) is 52.0 Å². The van der Waals surface area contributed by atoms with Crippen LogP contribution >= 0.6 is 0 Å². The Balaban J connectivity index is 2.10. The number of aromatic nitrogens is 3. The number of rotatable bonds is 3. The van der Waals surface area contributed by atoms with Crippen molar-refractivity contribution in [3.8, 4) is 11.4 Å². The van der Waals surface area contributed by atoms with Crippen molar-refractivity contribution in [2.24, 2.45) is 10.7 Å². The standard InChI is InChI=1S/C15H22N6/c1-10-18-13(21-20-10)12-7-5-6-11(8-12)9-17-14(16)19-15(2,3)4/h5-8H,9H2,1-4H3,(H3,16,17,19)(H,18,20,21). The van der Waals surface area contributed by atoms with Gasteiger partial charge in [0.05, 0.1) is 6.54 Å². The van der Waals surface area contributed by atoms with Gasteiger partial charge in [-0.15, -0.1) is 0 Å². The lowest BCUT2D eigenvalue weighted by molar-refractivity contribution is 0.508. The first-order valence-corrected chi connectivity index (χ1v) is 6.90. The first-order chi connectivity index (χ1) is 9.83. The van der Waals surface area contributed by atoms with E-state index in [-0.39, 0.29) is 5.54 Å². The summed E-state index contributed by atoms with van der Waals surface area (Å²) >= 11 is 0. The van der Waals surface area contributed by atoms with Crippen LogP contribution < -0.4 is 11.1 Å². The lowest BCUT2D eigenvalue weighted by Gasteiger charge is -2.21. The molecule has 0 bridgehead atoms. The number of hydrogen-bond donors (Lipinski definition) is 3. The Hall–Kier alpha value is -2.37. The molecule has 0 spiro atoms. The van der Waals surface area contributed by atoms with Crippen molar-refractivity contribution >= 4 is 5.96 Å². The maximum atomic E-state index is 5.87. The number of nitrogens with one attached hydrogen (secondary N) is 2. The highest BCUT2D eigenvalue weighted by Crippen LogP contribution is 2.16. The minimum atomic E-state index is -0.0913. The molecule has 21 heavy (non-hydrogen) atoms. The van der Waals surface area contributed by atoms with Crippen LogP contribution in [0.3, 0.4) is 0 Å². The summed E-state index contributed by atoms with van der Waals surface area (Å²) in [5.41, 5.74) is 7.81. The third-order valence-electron chi connectivity index (χ3n) is 2.72.